The maximum Gasteiger partial charge on any atom is 0.268 e. The number of aliphatic hydroxyl groups is 1. The molecule has 0 aromatic carbocycles. The first-order chi connectivity index (χ1) is 42.0. The third-order valence-electron chi connectivity index (χ3n) is 15.3. The standard InChI is InChI=1S/C77H135N2O6P/c1-6-8-10-12-14-16-18-20-22-24-26-28-30-32-33-34-35-36-37-38-39-40-41-42-43-44-45-47-49-51-53-55-57-59-61-63-65-67-69-71-77(81)78-75(74-85-86(82,83)84-73-72-79(3,4)5)76(80)70-68-66-64-62-60-58-56-54-52-50-48-46-31-29-27-25-23-21-19-17-15-13-11-9-7-2/h8,10,14,16,20,22,26,28,32-33,35-36,38-39,41-42,44-45,60,62,68,70,75-76,80H,6-7,9,11-13,15,17-19,21,23-25,27,29-31,34,37,40,43,46-59,61,63-67,69,71-74H2,1-5H3,(H-,78,81,82,83)/b10-8-,16-14-,22-20-,28-26-,33-32-,36-35-,39-38-,42-41-,45-44-,62-60+,70-68+. The Balaban J connectivity index is 4.14. The van der Waals surface area contributed by atoms with Gasteiger partial charge >= 0.3 is 0 Å². The van der Waals surface area contributed by atoms with Crippen molar-refractivity contribution >= 4 is 13.7 Å². The highest BCUT2D eigenvalue weighted by atomic mass is 31.2. The van der Waals surface area contributed by atoms with E-state index in [2.05, 4.69) is 141 Å². The van der Waals surface area contributed by atoms with E-state index in [1.165, 1.54) is 173 Å². The second-order valence-corrected chi connectivity index (χ2v) is 26.3. The largest absolute Gasteiger partial charge is 0.756 e. The SMILES string of the molecule is CC/C=C\C/C=C\C/C=C\C/C=C\C/C=C\C/C=C\C/C=C\C/C=C\C/C=C\CCCCCCCCCCCCCC(=O)NC(COP(=O)([O-])OCC[N+](C)(C)C)C(O)/C=C/CC/C=C/CCCCCCCCCCCCCCCCCCCCC. The first kappa shape index (κ1) is 82.6. The normalized spacial score (nSPS) is 14.5. The second kappa shape index (κ2) is 66.1. The van der Waals surface area contributed by atoms with Crippen molar-refractivity contribution < 1.29 is 32.9 Å². The number of phosphoric ester groups is 1. The minimum atomic E-state index is -4.62. The number of amides is 1. The lowest BCUT2D eigenvalue weighted by Gasteiger charge is -2.29. The minimum absolute atomic E-state index is 0.0123. The number of quaternary nitrogens is 1. The van der Waals surface area contributed by atoms with Crippen molar-refractivity contribution in [3.8, 4) is 0 Å². The van der Waals surface area contributed by atoms with Gasteiger partial charge in [0, 0.05) is 6.42 Å². The molecule has 9 heteroatoms. The smallest absolute Gasteiger partial charge is 0.268 e. The number of likely N-dealkylation sites (N-methyl/N-ethyl adjacent to an activating group) is 1. The summed E-state index contributed by atoms with van der Waals surface area (Å²) in [5.74, 6) is -0.213. The van der Waals surface area contributed by atoms with Crippen molar-refractivity contribution in [1.29, 1.82) is 0 Å². The molecule has 0 aliphatic heterocycles. The maximum absolute atomic E-state index is 13.0. The van der Waals surface area contributed by atoms with Crippen molar-refractivity contribution in [1.82, 2.24) is 5.32 Å². The number of hydrogen-bond acceptors (Lipinski definition) is 6. The van der Waals surface area contributed by atoms with E-state index in [9.17, 15) is 19.4 Å². The van der Waals surface area contributed by atoms with Crippen LogP contribution in [-0.4, -0.2) is 68.5 Å². The second-order valence-electron chi connectivity index (χ2n) is 24.8. The van der Waals surface area contributed by atoms with Gasteiger partial charge in [0.25, 0.3) is 7.82 Å². The lowest BCUT2D eigenvalue weighted by atomic mass is 10.0. The zero-order chi connectivity index (χ0) is 62.6. The molecule has 0 fully saturated rings. The highest BCUT2D eigenvalue weighted by Crippen LogP contribution is 2.38. The van der Waals surface area contributed by atoms with Gasteiger partial charge in [0.05, 0.1) is 39.9 Å². The summed E-state index contributed by atoms with van der Waals surface area (Å²) in [5.41, 5.74) is 0. The summed E-state index contributed by atoms with van der Waals surface area (Å²) in [6.07, 6.45) is 100.0. The molecule has 0 radical (unpaired) electrons. The number of unbranched alkanes of at least 4 members (excludes halogenated alkanes) is 31. The fourth-order valence-corrected chi connectivity index (χ4v) is 10.6. The zero-order valence-corrected chi connectivity index (χ0v) is 57.4. The van der Waals surface area contributed by atoms with Crippen LogP contribution in [0.15, 0.2) is 134 Å². The summed E-state index contributed by atoms with van der Waals surface area (Å²) in [4.78, 5) is 25.6. The number of allylic oxidation sites excluding steroid dienone is 21. The van der Waals surface area contributed by atoms with Gasteiger partial charge in [0.1, 0.15) is 13.2 Å². The summed E-state index contributed by atoms with van der Waals surface area (Å²) >= 11 is 0. The average Bonchev–Trinajstić information content (AvgIpc) is 3.70. The molecule has 8 nitrogen and oxygen atoms in total. The third kappa shape index (κ3) is 68.1. The monoisotopic (exact) mass is 1220 g/mol. The quantitative estimate of drug-likeness (QED) is 0.0272. The van der Waals surface area contributed by atoms with Crippen LogP contribution in [0.3, 0.4) is 0 Å². The average molecular weight is 1220 g/mol. The van der Waals surface area contributed by atoms with Gasteiger partial charge in [-0.2, -0.15) is 0 Å². The van der Waals surface area contributed by atoms with Crippen LogP contribution in [0.1, 0.15) is 296 Å². The Morgan fingerprint density at radius 2 is 0.721 bits per heavy atom. The molecule has 86 heavy (non-hydrogen) atoms. The molecule has 0 saturated heterocycles. The first-order valence-corrected chi connectivity index (χ1v) is 37.0. The zero-order valence-electron chi connectivity index (χ0n) is 56.5. The van der Waals surface area contributed by atoms with Crippen LogP contribution in [0.4, 0.5) is 0 Å². The van der Waals surface area contributed by atoms with Gasteiger partial charge in [-0.15, -0.1) is 0 Å². The summed E-state index contributed by atoms with van der Waals surface area (Å²) in [5, 5.41) is 13.9. The van der Waals surface area contributed by atoms with Crippen LogP contribution >= 0.6 is 7.82 Å². The molecule has 0 spiro atoms. The number of phosphoric acid groups is 1. The summed E-state index contributed by atoms with van der Waals surface area (Å²) in [6, 6.07) is -0.915. The van der Waals surface area contributed by atoms with E-state index in [4.69, 9.17) is 9.05 Å². The first-order valence-electron chi connectivity index (χ1n) is 35.5. The maximum atomic E-state index is 13.0. The van der Waals surface area contributed by atoms with Crippen molar-refractivity contribution in [3.63, 3.8) is 0 Å². The van der Waals surface area contributed by atoms with E-state index in [0.29, 0.717) is 17.4 Å². The van der Waals surface area contributed by atoms with E-state index in [1.807, 2.05) is 27.2 Å². The summed E-state index contributed by atoms with van der Waals surface area (Å²) in [6.45, 7) is 4.53. The van der Waals surface area contributed by atoms with E-state index in [0.717, 1.165) is 103 Å². The van der Waals surface area contributed by atoms with Gasteiger partial charge in [-0.05, 0) is 103 Å². The third-order valence-corrected chi connectivity index (χ3v) is 16.3. The van der Waals surface area contributed by atoms with Crippen molar-refractivity contribution in [2.24, 2.45) is 0 Å². The molecule has 0 aromatic rings. The number of aliphatic hydroxyl groups excluding tert-OH is 1. The van der Waals surface area contributed by atoms with Gasteiger partial charge in [-0.1, -0.05) is 321 Å². The Hall–Kier alpha value is -3.36. The van der Waals surface area contributed by atoms with Crippen molar-refractivity contribution in [2.45, 2.75) is 309 Å². The van der Waals surface area contributed by atoms with Gasteiger partial charge < -0.3 is 28.8 Å². The van der Waals surface area contributed by atoms with E-state index < -0.39 is 26.6 Å². The molecule has 3 unspecified atom stereocenters. The van der Waals surface area contributed by atoms with Crippen LogP contribution in [-0.2, 0) is 18.4 Å². The fourth-order valence-electron chi connectivity index (χ4n) is 9.87. The summed E-state index contributed by atoms with van der Waals surface area (Å²) in [7, 11) is 1.23. The molecule has 0 aliphatic rings. The Labute approximate surface area is 532 Å². The summed E-state index contributed by atoms with van der Waals surface area (Å²) < 4.78 is 23.4. The van der Waals surface area contributed by atoms with Gasteiger partial charge in [-0.25, -0.2) is 0 Å². The number of carbonyl (C=O) groups excluding carboxylic acids is 1. The van der Waals surface area contributed by atoms with Crippen LogP contribution in [0.25, 0.3) is 0 Å². The predicted octanol–water partition coefficient (Wildman–Crippen LogP) is 22.4. The lowest BCUT2D eigenvalue weighted by Crippen LogP contribution is -2.45. The molecule has 2 N–H and O–H groups in total. The van der Waals surface area contributed by atoms with E-state index >= 15 is 0 Å². The molecule has 494 valence electrons. The molecular weight excluding hydrogens is 1080 g/mol. The Morgan fingerprint density at radius 1 is 0.419 bits per heavy atom. The molecule has 0 heterocycles. The molecule has 0 saturated carbocycles. The van der Waals surface area contributed by atoms with E-state index in [1.54, 1.807) is 6.08 Å². The molecule has 3 atom stereocenters. The molecule has 0 aromatic heterocycles. The predicted molar refractivity (Wildman–Crippen MR) is 375 cm³/mol. The Morgan fingerprint density at radius 3 is 1.08 bits per heavy atom. The van der Waals surface area contributed by atoms with Crippen LogP contribution in [0.2, 0.25) is 0 Å². The highest BCUT2D eigenvalue weighted by molar-refractivity contribution is 7.45. The van der Waals surface area contributed by atoms with Crippen LogP contribution in [0.5, 0.6) is 0 Å². The van der Waals surface area contributed by atoms with Crippen LogP contribution in [0, 0.1) is 0 Å². The number of hydrogen-bond donors (Lipinski definition) is 2. The fraction of sp³-hybridized carbons (Fsp3) is 0.701. The van der Waals surface area contributed by atoms with Crippen molar-refractivity contribution in [2.75, 3.05) is 40.9 Å². The number of nitrogens with zero attached hydrogens (tertiary/aromatic N) is 1. The lowest BCUT2D eigenvalue weighted by molar-refractivity contribution is -0.870. The molecule has 0 bridgehead atoms. The van der Waals surface area contributed by atoms with Crippen molar-refractivity contribution in [3.05, 3.63) is 134 Å². The molecular formula is C77H135N2O6P. The highest BCUT2D eigenvalue weighted by Gasteiger charge is 2.23. The van der Waals surface area contributed by atoms with E-state index in [-0.39, 0.29) is 12.5 Å². The van der Waals surface area contributed by atoms with Gasteiger partial charge in [0.2, 0.25) is 5.91 Å². The van der Waals surface area contributed by atoms with Gasteiger partial charge in [-0.3, -0.25) is 9.36 Å². The Kier molecular flexibility index (Phi) is 63.5. The number of rotatable bonds is 64. The molecule has 0 aliphatic carbocycles. The Bertz CT molecular complexity index is 1870. The molecule has 1 amide bonds. The minimum Gasteiger partial charge on any atom is -0.756 e. The number of nitrogens with one attached hydrogen (secondary N) is 1. The topological polar surface area (TPSA) is 108 Å². The van der Waals surface area contributed by atoms with Crippen LogP contribution < -0.4 is 10.2 Å². The van der Waals surface area contributed by atoms with Gasteiger partial charge in [0.15, 0.2) is 0 Å². The molecule has 0 rings (SSSR count). The number of carbonyl (C=O) groups is 1.